The van der Waals surface area contributed by atoms with Crippen LogP contribution in [0.25, 0.3) is 10.4 Å². The number of carbonyl (C=O) groups is 1. The van der Waals surface area contributed by atoms with Gasteiger partial charge in [0.2, 0.25) is 0 Å². The Morgan fingerprint density at radius 3 is 2.41 bits per heavy atom. The van der Waals surface area contributed by atoms with Crippen molar-refractivity contribution in [2.24, 2.45) is 0 Å². The van der Waals surface area contributed by atoms with Crippen LogP contribution in [0.1, 0.15) is 15.2 Å². The molecular weight excluding hydrogens is 234 g/mol. The van der Waals surface area contributed by atoms with E-state index in [1.54, 1.807) is 7.05 Å². The standard InChI is InChI=1S/C13H13NO2S/c1-8-3-5-9(6-4-8)11-7-10(14-2)12(17-11)13(15)16/h3-7,14H,1-2H3,(H,15,16). The molecule has 0 amide bonds. The second-order valence-electron chi connectivity index (χ2n) is 3.77. The number of hydrogen-bond acceptors (Lipinski definition) is 3. The zero-order chi connectivity index (χ0) is 12.4. The molecule has 0 spiro atoms. The summed E-state index contributed by atoms with van der Waals surface area (Å²) in [5.74, 6) is -0.891. The molecule has 0 unspecified atom stereocenters. The van der Waals surface area contributed by atoms with Crippen LogP contribution in [0.4, 0.5) is 5.69 Å². The summed E-state index contributed by atoms with van der Waals surface area (Å²) in [6, 6.07) is 9.93. The fraction of sp³-hybridized carbons (Fsp3) is 0.154. The molecular formula is C13H13NO2S. The predicted octanol–water partition coefficient (Wildman–Crippen LogP) is 3.46. The van der Waals surface area contributed by atoms with E-state index in [9.17, 15) is 4.79 Å². The average Bonchev–Trinajstić information content (AvgIpc) is 2.74. The third-order valence-electron chi connectivity index (χ3n) is 2.53. The third kappa shape index (κ3) is 2.31. The van der Waals surface area contributed by atoms with Crippen molar-refractivity contribution in [3.05, 3.63) is 40.8 Å². The fourth-order valence-corrected chi connectivity index (χ4v) is 2.60. The lowest BCUT2D eigenvalue weighted by atomic mass is 10.1. The van der Waals surface area contributed by atoms with E-state index in [1.165, 1.54) is 16.9 Å². The van der Waals surface area contributed by atoms with Gasteiger partial charge in [-0.1, -0.05) is 29.8 Å². The van der Waals surface area contributed by atoms with E-state index in [1.807, 2.05) is 37.3 Å². The summed E-state index contributed by atoms with van der Waals surface area (Å²) in [6.45, 7) is 2.03. The van der Waals surface area contributed by atoms with E-state index in [2.05, 4.69) is 5.32 Å². The zero-order valence-electron chi connectivity index (χ0n) is 9.65. The Morgan fingerprint density at radius 2 is 1.94 bits per heavy atom. The van der Waals surface area contributed by atoms with Gasteiger partial charge >= 0.3 is 5.97 Å². The average molecular weight is 247 g/mol. The van der Waals surface area contributed by atoms with Crippen LogP contribution in [0.5, 0.6) is 0 Å². The minimum atomic E-state index is -0.891. The van der Waals surface area contributed by atoms with Gasteiger partial charge in [-0.2, -0.15) is 0 Å². The number of benzene rings is 1. The van der Waals surface area contributed by atoms with Gasteiger partial charge in [-0.3, -0.25) is 0 Å². The Bertz CT molecular complexity index is 543. The first kappa shape index (κ1) is 11.7. The maximum atomic E-state index is 11.0. The number of aryl methyl sites for hydroxylation is 1. The second-order valence-corrected chi connectivity index (χ2v) is 4.83. The molecule has 0 radical (unpaired) electrons. The van der Waals surface area contributed by atoms with E-state index in [4.69, 9.17) is 5.11 Å². The summed E-state index contributed by atoms with van der Waals surface area (Å²) in [5.41, 5.74) is 2.90. The lowest BCUT2D eigenvalue weighted by Crippen LogP contribution is -1.97. The normalized spacial score (nSPS) is 10.2. The van der Waals surface area contributed by atoms with Gasteiger partial charge in [-0.15, -0.1) is 11.3 Å². The first-order valence-electron chi connectivity index (χ1n) is 5.23. The molecule has 0 fully saturated rings. The summed E-state index contributed by atoms with van der Waals surface area (Å²) in [4.78, 5) is 12.4. The monoisotopic (exact) mass is 247 g/mol. The van der Waals surface area contributed by atoms with Crippen LogP contribution >= 0.6 is 11.3 Å². The van der Waals surface area contributed by atoms with Gasteiger partial charge in [0.1, 0.15) is 4.88 Å². The molecule has 4 heteroatoms. The van der Waals surface area contributed by atoms with Crippen molar-refractivity contribution in [3.63, 3.8) is 0 Å². The highest BCUT2D eigenvalue weighted by molar-refractivity contribution is 7.18. The Labute approximate surface area is 104 Å². The summed E-state index contributed by atoms with van der Waals surface area (Å²) < 4.78 is 0. The van der Waals surface area contributed by atoms with Gasteiger partial charge in [0, 0.05) is 11.9 Å². The van der Waals surface area contributed by atoms with Gasteiger partial charge in [0.15, 0.2) is 0 Å². The number of hydrogen-bond donors (Lipinski definition) is 2. The number of nitrogens with one attached hydrogen (secondary N) is 1. The van der Waals surface area contributed by atoms with Gasteiger partial charge in [-0.05, 0) is 18.6 Å². The van der Waals surface area contributed by atoms with E-state index >= 15 is 0 Å². The second kappa shape index (κ2) is 4.59. The molecule has 3 nitrogen and oxygen atoms in total. The first-order chi connectivity index (χ1) is 8.11. The van der Waals surface area contributed by atoms with Crippen molar-refractivity contribution in [3.8, 4) is 10.4 Å². The van der Waals surface area contributed by atoms with Gasteiger partial charge in [-0.25, -0.2) is 4.79 Å². The number of rotatable bonds is 3. The number of carboxylic acids is 1. The maximum Gasteiger partial charge on any atom is 0.348 e. The van der Waals surface area contributed by atoms with E-state index in [-0.39, 0.29) is 0 Å². The number of thiophene rings is 1. The molecule has 0 aliphatic rings. The minimum absolute atomic E-state index is 0.350. The van der Waals surface area contributed by atoms with E-state index < -0.39 is 5.97 Å². The summed E-state index contributed by atoms with van der Waals surface area (Å²) in [6.07, 6.45) is 0. The summed E-state index contributed by atoms with van der Waals surface area (Å²) >= 11 is 1.29. The van der Waals surface area contributed by atoms with Gasteiger partial charge in [0.05, 0.1) is 5.69 Å². The Hall–Kier alpha value is -1.81. The highest BCUT2D eigenvalue weighted by Gasteiger charge is 2.15. The molecule has 0 saturated heterocycles. The SMILES string of the molecule is CNc1cc(-c2ccc(C)cc2)sc1C(=O)O. The van der Waals surface area contributed by atoms with E-state index in [0.29, 0.717) is 10.6 Å². The van der Waals surface area contributed by atoms with Crippen LogP contribution < -0.4 is 5.32 Å². The lowest BCUT2D eigenvalue weighted by Gasteiger charge is -1.97. The molecule has 0 saturated carbocycles. The third-order valence-corrected chi connectivity index (χ3v) is 3.70. The minimum Gasteiger partial charge on any atom is -0.477 e. The fourth-order valence-electron chi connectivity index (χ4n) is 1.60. The van der Waals surface area contributed by atoms with Crippen molar-refractivity contribution in [1.82, 2.24) is 0 Å². The molecule has 0 atom stereocenters. The molecule has 0 aliphatic carbocycles. The molecule has 17 heavy (non-hydrogen) atoms. The van der Waals surface area contributed by atoms with Crippen LogP contribution in [0.15, 0.2) is 30.3 Å². The molecule has 0 aliphatic heterocycles. The number of anilines is 1. The largest absolute Gasteiger partial charge is 0.477 e. The van der Waals surface area contributed by atoms with Crippen LogP contribution in [-0.2, 0) is 0 Å². The van der Waals surface area contributed by atoms with Crippen molar-refractivity contribution >= 4 is 23.0 Å². The smallest absolute Gasteiger partial charge is 0.348 e. The predicted molar refractivity (Wildman–Crippen MR) is 71.0 cm³/mol. The Kier molecular flexibility index (Phi) is 3.15. The number of carboxylic acid groups (broad SMARTS) is 1. The summed E-state index contributed by atoms with van der Waals surface area (Å²) in [7, 11) is 1.73. The van der Waals surface area contributed by atoms with Crippen LogP contribution in [0, 0.1) is 6.92 Å². The van der Waals surface area contributed by atoms with Gasteiger partial charge < -0.3 is 10.4 Å². The first-order valence-corrected chi connectivity index (χ1v) is 6.05. The van der Waals surface area contributed by atoms with Crippen molar-refractivity contribution in [1.29, 1.82) is 0 Å². The molecule has 0 bridgehead atoms. The Morgan fingerprint density at radius 1 is 1.29 bits per heavy atom. The Balaban J connectivity index is 2.46. The van der Waals surface area contributed by atoms with Crippen LogP contribution in [-0.4, -0.2) is 18.1 Å². The molecule has 2 N–H and O–H groups in total. The van der Waals surface area contributed by atoms with Crippen molar-refractivity contribution < 1.29 is 9.90 Å². The maximum absolute atomic E-state index is 11.0. The molecule has 88 valence electrons. The quantitative estimate of drug-likeness (QED) is 0.873. The summed E-state index contributed by atoms with van der Waals surface area (Å²) in [5, 5.41) is 12.0. The molecule has 2 rings (SSSR count). The highest BCUT2D eigenvalue weighted by atomic mass is 32.1. The van der Waals surface area contributed by atoms with Crippen molar-refractivity contribution in [2.75, 3.05) is 12.4 Å². The lowest BCUT2D eigenvalue weighted by molar-refractivity contribution is 0.0703. The molecule has 1 aromatic carbocycles. The van der Waals surface area contributed by atoms with Crippen LogP contribution in [0.3, 0.4) is 0 Å². The van der Waals surface area contributed by atoms with Gasteiger partial charge in [0.25, 0.3) is 0 Å². The van der Waals surface area contributed by atoms with Crippen molar-refractivity contribution in [2.45, 2.75) is 6.92 Å². The molecule has 1 heterocycles. The number of aromatic carboxylic acids is 1. The topological polar surface area (TPSA) is 49.3 Å². The molecule has 2 aromatic rings. The van der Waals surface area contributed by atoms with E-state index in [0.717, 1.165) is 10.4 Å². The molecule has 1 aromatic heterocycles. The zero-order valence-corrected chi connectivity index (χ0v) is 10.5. The van der Waals surface area contributed by atoms with Crippen LogP contribution in [0.2, 0.25) is 0 Å². The highest BCUT2D eigenvalue weighted by Crippen LogP contribution is 2.34.